The summed E-state index contributed by atoms with van der Waals surface area (Å²) in [6, 6.07) is 4.85. The van der Waals surface area contributed by atoms with E-state index in [0.29, 0.717) is 24.1 Å². The first kappa shape index (κ1) is 15.1. The lowest BCUT2D eigenvalue weighted by Gasteiger charge is -2.35. The second-order valence-electron chi connectivity index (χ2n) is 7.33. The van der Waals surface area contributed by atoms with Gasteiger partial charge in [0.15, 0.2) is 0 Å². The summed E-state index contributed by atoms with van der Waals surface area (Å²) < 4.78 is 27.2. The van der Waals surface area contributed by atoms with Crippen LogP contribution in [-0.4, -0.2) is 36.0 Å². The average Bonchev–Trinajstić information content (AvgIpc) is 3.27. The summed E-state index contributed by atoms with van der Waals surface area (Å²) >= 11 is 0. The van der Waals surface area contributed by atoms with Crippen LogP contribution in [0, 0.1) is 17.6 Å². The van der Waals surface area contributed by atoms with Gasteiger partial charge in [0, 0.05) is 31.1 Å². The maximum atomic E-state index is 13.9. The van der Waals surface area contributed by atoms with Gasteiger partial charge in [0.1, 0.15) is 11.6 Å². The molecule has 1 amide bonds. The SMILES string of the molecule is CN(C(=O)C1CC1c1cc(F)ccc1F)C1CC2CCC(C1)N2. The van der Waals surface area contributed by atoms with E-state index in [4.69, 9.17) is 0 Å². The van der Waals surface area contributed by atoms with Crippen LogP contribution in [0.25, 0.3) is 0 Å². The molecule has 1 aromatic carbocycles. The van der Waals surface area contributed by atoms with E-state index in [1.165, 1.54) is 18.9 Å². The number of carbonyl (C=O) groups excluding carboxylic acids is 1. The molecule has 1 aromatic rings. The number of piperidine rings is 1. The fourth-order valence-electron chi connectivity index (χ4n) is 4.40. The molecule has 2 heterocycles. The number of hydrogen-bond donors (Lipinski definition) is 1. The summed E-state index contributed by atoms with van der Waals surface area (Å²) in [4.78, 5) is 14.6. The van der Waals surface area contributed by atoms with Crippen LogP contribution in [0.5, 0.6) is 0 Å². The van der Waals surface area contributed by atoms with Crippen molar-refractivity contribution in [3.8, 4) is 0 Å². The normalized spacial score (nSPS) is 35.2. The minimum Gasteiger partial charge on any atom is -0.342 e. The van der Waals surface area contributed by atoms with Gasteiger partial charge in [-0.1, -0.05) is 0 Å². The molecule has 4 atom stereocenters. The van der Waals surface area contributed by atoms with E-state index in [-0.39, 0.29) is 23.8 Å². The van der Waals surface area contributed by atoms with Gasteiger partial charge >= 0.3 is 0 Å². The molecule has 1 N–H and O–H groups in total. The Labute approximate surface area is 135 Å². The highest BCUT2D eigenvalue weighted by molar-refractivity contribution is 5.83. The van der Waals surface area contributed by atoms with Gasteiger partial charge in [-0.25, -0.2) is 8.78 Å². The molecule has 23 heavy (non-hydrogen) atoms. The molecule has 0 radical (unpaired) electrons. The Morgan fingerprint density at radius 2 is 1.87 bits per heavy atom. The molecule has 2 saturated heterocycles. The molecule has 0 spiro atoms. The van der Waals surface area contributed by atoms with Crippen LogP contribution < -0.4 is 5.32 Å². The van der Waals surface area contributed by atoms with Crippen LogP contribution in [0.3, 0.4) is 0 Å². The first-order valence-electron chi connectivity index (χ1n) is 8.50. The van der Waals surface area contributed by atoms with Crippen molar-refractivity contribution in [1.29, 1.82) is 0 Å². The molecule has 3 aliphatic rings. The maximum absolute atomic E-state index is 13.9. The van der Waals surface area contributed by atoms with Crippen LogP contribution >= 0.6 is 0 Å². The topological polar surface area (TPSA) is 32.3 Å². The molecule has 2 aliphatic heterocycles. The Bertz CT molecular complexity index is 623. The summed E-state index contributed by atoms with van der Waals surface area (Å²) in [6.07, 6.45) is 5.03. The number of rotatable bonds is 3. The molecule has 1 aliphatic carbocycles. The molecule has 2 bridgehead atoms. The zero-order valence-electron chi connectivity index (χ0n) is 13.3. The van der Waals surface area contributed by atoms with Crippen LogP contribution in [0.4, 0.5) is 8.78 Å². The van der Waals surface area contributed by atoms with Crippen LogP contribution in [0.1, 0.15) is 43.6 Å². The molecule has 4 rings (SSSR count). The third kappa shape index (κ3) is 2.75. The molecule has 3 fully saturated rings. The fourth-order valence-corrected chi connectivity index (χ4v) is 4.40. The van der Waals surface area contributed by atoms with Crippen molar-refractivity contribution in [2.45, 2.75) is 56.1 Å². The van der Waals surface area contributed by atoms with E-state index in [0.717, 1.165) is 25.0 Å². The number of hydrogen-bond acceptors (Lipinski definition) is 2. The van der Waals surface area contributed by atoms with E-state index >= 15 is 0 Å². The van der Waals surface area contributed by atoms with E-state index in [9.17, 15) is 13.6 Å². The zero-order chi connectivity index (χ0) is 16.1. The first-order chi connectivity index (χ1) is 11.0. The Kier molecular flexibility index (Phi) is 3.63. The standard InChI is InChI=1S/C18H22F2N2O/c1-22(13-7-11-3-4-12(8-13)21-11)18(23)16-9-14(16)15-6-10(19)2-5-17(15)20/h2,5-6,11-14,16,21H,3-4,7-9H2,1H3. The van der Waals surface area contributed by atoms with Crippen molar-refractivity contribution in [2.24, 2.45) is 5.92 Å². The predicted molar refractivity (Wildman–Crippen MR) is 82.9 cm³/mol. The molecule has 1 saturated carbocycles. The smallest absolute Gasteiger partial charge is 0.226 e. The third-order valence-corrected chi connectivity index (χ3v) is 5.81. The van der Waals surface area contributed by atoms with Gasteiger partial charge in [0.05, 0.1) is 0 Å². The summed E-state index contributed by atoms with van der Waals surface area (Å²) in [5.41, 5.74) is 0.349. The summed E-state index contributed by atoms with van der Waals surface area (Å²) in [5, 5.41) is 3.58. The monoisotopic (exact) mass is 320 g/mol. The number of amides is 1. The van der Waals surface area contributed by atoms with Crippen LogP contribution in [0.15, 0.2) is 18.2 Å². The number of halogens is 2. The lowest BCUT2D eigenvalue weighted by molar-refractivity contribution is -0.134. The zero-order valence-corrected chi connectivity index (χ0v) is 13.3. The van der Waals surface area contributed by atoms with E-state index < -0.39 is 11.6 Å². The van der Waals surface area contributed by atoms with E-state index in [1.54, 1.807) is 0 Å². The fraction of sp³-hybridized carbons (Fsp3) is 0.611. The maximum Gasteiger partial charge on any atom is 0.226 e. The van der Waals surface area contributed by atoms with Crippen molar-refractivity contribution < 1.29 is 13.6 Å². The first-order valence-corrected chi connectivity index (χ1v) is 8.50. The average molecular weight is 320 g/mol. The van der Waals surface area contributed by atoms with Gasteiger partial charge in [-0.2, -0.15) is 0 Å². The minimum atomic E-state index is -0.442. The largest absolute Gasteiger partial charge is 0.342 e. The summed E-state index contributed by atoms with van der Waals surface area (Å²) in [5.74, 6) is -1.12. The molecule has 4 unspecified atom stereocenters. The van der Waals surface area contributed by atoms with Gasteiger partial charge in [-0.05, 0) is 61.8 Å². The number of nitrogens with one attached hydrogen (secondary N) is 1. The number of nitrogens with zero attached hydrogens (tertiary/aromatic N) is 1. The van der Waals surface area contributed by atoms with Crippen molar-refractivity contribution >= 4 is 5.91 Å². The summed E-state index contributed by atoms with van der Waals surface area (Å²) in [6.45, 7) is 0. The van der Waals surface area contributed by atoms with Crippen LogP contribution in [-0.2, 0) is 4.79 Å². The lowest BCUT2D eigenvalue weighted by Crippen LogP contribution is -2.49. The van der Waals surface area contributed by atoms with Crippen molar-refractivity contribution in [2.75, 3.05) is 7.05 Å². The summed E-state index contributed by atoms with van der Waals surface area (Å²) in [7, 11) is 1.87. The highest BCUT2D eigenvalue weighted by atomic mass is 19.1. The van der Waals surface area contributed by atoms with Crippen molar-refractivity contribution in [1.82, 2.24) is 10.2 Å². The number of benzene rings is 1. The van der Waals surface area contributed by atoms with Gasteiger partial charge in [0.25, 0.3) is 0 Å². The molecular weight excluding hydrogens is 298 g/mol. The lowest BCUT2D eigenvalue weighted by atomic mass is 9.98. The van der Waals surface area contributed by atoms with E-state index in [1.807, 2.05) is 11.9 Å². The molecule has 124 valence electrons. The number of carbonyl (C=O) groups is 1. The highest BCUT2D eigenvalue weighted by Crippen LogP contribution is 2.49. The predicted octanol–water partition coefficient (Wildman–Crippen LogP) is 2.81. The molecule has 0 aromatic heterocycles. The van der Waals surface area contributed by atoms with Gasteiger partial charge in [-0.3, -0.25) is 4.79 Å². The highest BCUT2D eigenvalue weighted by Gasteiger charge is 2.48. The van der Waals surface area contributed by atoms with Gasteiger partial charge in [-0.15, -0.1) is 0 Å². The second kappa shape index (κ2) is 5.55. The quantitative estimate of drug-likeness (QED) is 0.929. The second-order valence-corrected chi connectivity index (χ2v) is 7.33. The molecular formula is C18H22F2N2O. The van der Waals surface area contributed by atoms with Gasteiger partial charge < -0.3 is 10.2 Å². The third-order valence-electron chi connectivity index (χ3n) is 5.81. The molecule has 5 heteroatoms. The Morgan fingerprint density at radius 3 is 2.57 bits per heavy atom. The Balaban J connectivity index is 1.43. The van der Waals surface area contributed by atoms with E-state index in [2.05, 4.69) is 5.32 Å². The minimum absolute atomic E-state index is 0.0879. The Hall–Kier alpha value is -1.49. The Morgan fingerprint density at radius 1 is 1.17 bits per heavy atom. The molecule has 3 nitrogen and oxygen atoms in total. The van der Waals surface area contributed by atoms with Crippen LogP contribution in [0.2, 0.25) is 0 Å². The van der Waals surface area contributed by atoms with Crippen molar-refractivity contribution in [3.05, 3.63) is 35.4 Å². The van der Waals surface area contributed by atoms with Gasteiger partial charge in [0.2, 0.25) is 5.91 Å². The number of fused-ring (bicyclic) bond motifs is 2. The van der Waals surface area contributed by atoms with Crippen molar-refractivity contribution in [3.63, 3.8) is 0 Å².